The topological polar surface area (TPSA) is 64.9 Å². The summed E-state index contributed by atoms with van der Waals surface area (Å²) < 4.78 is 13.7. The smallest absolute Gasteiger partial charge is 0.251 e. The average molecular weight is 408 g/mol. The fraction of sp³-hybridized carbons (Fsp3) is 0.417. The van der Waals surface area contributed by atoms with Crippen molar-refractivity contribution < 1.29 is 14.3 Å². The molecule has 1 fully saturated rings. The summed E-state index contributed by atoms with van der Waals surface area (Å²) in [6.45, 7) is 1.71. The van der Waals surface area contributed by atoms with Crippen molar-refractivity contribution >= 4 is 11.6 Å². The quantitative estimate of drug-likeness (QED) is 0.535. The van der Waals surface area contributed by atoms with Crippen LogP contribution in [0.3, 0.4) is 0 Å². The van der Waals surface area contributed by atoms with E-state index in [0.717, 1.165) is 17.8 Å². The summed E-state index contributed by atoms with van der Waals surface area (Å²) in [7, 11) is 0. The number of imidazole rings is 1. The predicted octanol–water partition coefficient (Wildman–Crippen LogP) is 4.38. The fourth-order valence-corrected chi connectivity index (χ4v) is 3.77. The lowest BCUT2D eigenvalue weighted by atomic mass is 9.98. The molecule has 1 aliphatic carbocycles. The van der Waals surface area contributed by atoms with Crippen LogP contribution in [0.4, 0.5) is 0 Å². The summed E-state index contributed by atoms with van der Waals surface area (Å²) in [5.41, 5.74) is 2.38. The molecule has 0 unspecified atom stereocenters. The normalized spacial score (nSPS) is 14.7. The van der Waals surface area contributed by atoms with Gasteiger partial charge in [-0.1, -0.05) is 25.3 Å². The Labute approximate surface area is 177 Å². The molecular weight excluding hydrogens is 378 g/mol. The van der Waals surface area contributed by atoms with E-state index in [2.05, 4.69) is 10.3 Å². The Balaban J connectivity index is 1.17. The first-order valence-electron chi connectivity index (χ1n) is 10.8. The molecule has 0 saturated heterocycles. The Morgan fingerprint density at radius 3 is 2.73 bits per heavy atom. The third-order valence-corrected chi connectivity index (χ3v) is 5.43. The lowest BCUT2D eigenvalue weighted by Crippen LogP contribution is -2.26. The van der Waals surface area contributed by atoms with Gasteiger partial charge in [-0.25, -0.2) is 4.98 Å². The standard InChI is InChI=1S/C24H29N3O3/c28-24(25-14-6-16-29-21-7-2-1-3-8-21)19-10-12-22(13-11-19)30-18-20-17-27-15-5-4-9-23(27)26-20/h4-5,9-13,15,17,21H,1-3,6-8,14,16,18H2,(H,25,28). The van der Waals surface area contributed by atoms with Crippen LogP contribution in [-0.2, 0) is 11.3 Å². The van der Waals surface area contributed by atoms with Gasteiger partial charge in [0.25, 0.3) is 5.91 Å². The van der Waals surface area contributed by atoms with Crippen LogP contribution in [0, 0.1) is 0 Å². The van der Waals surface area contributed by atoms with E-state index in [-0.39, 0.29) is 5.91 Å². The van der Waals surface area contributed by atoms with E-state index < -0.39 is 0 Å². The molecule has 2 aromatic heterocycles. The van der Waals surface area contributed by atoms with Gasteiger partial charge in [0.1, 0.15) is 18.0 Å². The highest BCUT2D eigenvalue weighted by atomic mass is 16.5. The molecule has 1 amide bonds. The minimum atomic E-state index is -0.0698. The third-order valence-electron chi connectivity index (χ3n) is 5.43. The van der Waals surface area contributed by atoms with Crippen molar-refractivity contribution in [3.8, 4) is 5.75 Å². The van der Waals surface area contributed by atoms with E-state index in [4.69, 9.17) is 9.47 Å². The summed E-state index contributed by atoms with van der Waals surface area (Å²) in [5.74, 6) is 0.643. The van der Waals surface area contributed by atoms with Gasteiger partial charge in [-0.05, 0) is 55.7 Å². The van der Waals surface area contributed by atoms with Gasteiger partial charge in [-0.2, -0.15) is 0 Å². The zero-order chi connectivity index (χ0) is 20.6. The van der Waals surface area contributed by atoms with Gasteiger partial charge < -0.3 is 19.2 Å². The number of benzene rings is 1. The van der Waals surface area contributed by atoms with Gasteiger partial charge >= 0.3 is 0 Å². The molecule has 158 valence electrons. The average Bonchev–Trinajstić information content (AvgIpc) is 3.21. The number of hydrogen-bond donors (Lipinski definition) is 1. The first kappa shape index (κ1) is 20.4. The number of carbonyl (C=O) groups excluding carboxylic acids is 1. The molecule has 1 aliphatic rings. The van der Waals surface area contributed by atoms with Crippen LogP contribution in [0.2, 0.25) is 0 Å². The molecule has 3 aromatic rings. The van der Waals surface area contributed by atoms with Crippen LogP contribution in [0.1, 0.15) is 54.6 Å². The number of ether oxygens (including phenoxy) is 2. The minimum absolute atomic E-state index is 0.0698. The third kappa shape index (κ3) is 5.60. The first-order chi connectivity index (χ1) is 14.8. The largest absolute Gasteiger partial charge is 0.487 e. The van der Waals surface area contributed by atoms with Crippen molar-refractivity contribution in [2.75, 3.05) is 13.2 Å². The molecule has 30 heavy (non-hydrogen) atoms. The summed E-state index contributed by atoms with van der Waals surface area (Å²) in [6.07, 6.45) is 11.4. The van der Waals surface area contributed by atoms with E-state index in [1.165, 1.54) is 32.1 Å². The molecule has 2 heterocycles. The Bertz CT molecular complexity index is 913. The number of carbonyl (C=O) groups is 1. The molecule has 6 nitrogen and oxygen atoms in total. The van der Waals surface area contributed by atoms with Crippen LogP contribution in [0.5, 0.6) is 5.75 Å². The zero-order valence-corrected chi connectivity index (χ0v) is 17.3. The van der Waals surface area contributed by atoms with Crippen LogP contribution in [0.25, 0.3) is 5.65 Å². The molecule has 0 radical (unpaired) electrons. The number of fused-ring (bicyclic) bond motifs is 1. The van der Waals surface area contributed by atoms with Gasteiger partial charge in [0.05, 0.1) is 11.8 Å². The molecular formula is C24H29N3O3. The fourth-order valence-electron chi connectivity index (χ4n) is 3.77. The molecule has 1 N–H and O–H groups in total. The second kappa shape index (κ2) is 10.3. The number of nitrogens with one attached hydrogen (secondary N) is 1. The van der Waals surface area contributed by atoms with Crippen molar-refractivity contribution in [1.82, 2.24) is 14.7 Å². The highest BCUT2D eigenvalue weighted by Gasteiger charge is 2.13. The van der Waals surface area contributed by atoms with Crippen LogP contribution < -0.4 is 10.1 Å². The molecule has 0 atom stereocenters. The Hall–Kier alpha value is -2.86. The van der Waals surface area contributed by atoms with Crippen LogP contribution in [0.15, 0.2) is 54.9 Å². The monoisotopic (exact) mass is 407 g/mol. The Kier molecular flexibility index (Phi) is 6.98. The molecule has 0 aliphatic heterocycles. The maximum atomic E-state index is 12.3. The first-order valence-corrected chi connectivity index (χ1v) is 10.8. The summed E-state index contributed by atoms with van der Waals surface area (Å²) in [4.78, 5) is 16.8. The molecule has 1 aromatic carbocycles. The predicted molar refractivity (Wildman–Crippen MR) is 116 cm³/mol. The van der Waals surface area contributed by atoms with Crippen molar-refractivity contribution in [2.24, 2.45) is 0 Å². The molecule has 0 spiro atoms. The zero-order valence-electron chi connectivity index (χ0n) is 17.3. The van der Waals surface area contributed by atoms with E-state index in [1.807, 2.05) is 47.1 Å². The van der Waals surface area contributed by atoms with Gasteiger partial charge in [-0.3, -0.25) is 4.79 Å². The number of aromatic nitrogens is 2. The maximum absolute atomic E-state index is 12.3. The summed E-state index contributed by atoms with van der Waals surface area (Å²) in [6, 6.07) is 13.1. The Morgan fingerprint density at radius 2 is 1.93 bits per heavy atom. The number of amides is 1. The van der Waals surface area contributed by atoms with E-state index in [9.17, 15) is 4.79 Å². The molecule has 0 bridgehead atoms. The SMILES string of the molecule is O=C(NCCCOC1CCCCC1)c1ccc(OCc2cn3ccccc3n2)cc1. The minimum Gasteiger partial charge on any atom is -0.487 e. The summed E-state index contributed by atoms with van der Waals surface area (Å²) in [5, 5.41) is 2.96. The maximum Gasteiger partial charge on any atom is 0.251 e. The molecule has 4 rings (SSSR count). The highest BCUT2D eigenvalue weighted by Crippen LogP contribution is 2.20. The second-order valence-corrected chi connectivity index (χ2v) is 7.75. The second-order valence-electron chi connectivity index (χ2n) is 7.75. The van der Waals surface area contributed by atoms with Crippen molar-refractivity contribution in [2.45, 2.75) is 51.2 Å². The van der Waals surface area contributed by atoms with E-state index in [1.54, 1.807) is 12.1 Å². The van der Waals surface area contributed by atoms with E-state index >= 15 is 0 Å². The molecule has 6 heteroatoms. The summed E-state index contributed by atoms with van der Waals surface area (Å²) >= 11 is 0. The van der Waals surface area contributed by atoms with Crippen molar-refractivity contribution in [3.05, 3.63) is 66.1 Å². The number of pyridine rings is 1. The number of rotatable bonds is 9. The van der Waals surface area contributed by atoms with Crippen LogP contribution >= 0.6 is 0 Å². The van der Waals surface area contributed by atoms with Gasteiger partial charge in [0.15, 0.2) is 0 Å². The lowest BCUT2D eigenvalue weighted by Gasteiger charge is -2.21. The van der Waals surface area contributed by atoms with Gasteiger partial charge in [0, 0.05) is 31.1 Å². The highest BCUT2D eigenvalue weighted by molar-refractivity contribution is 5.94. The molecule has 1 saturated carbocycles. The van der Waals surface area contributed by atoms with Crippen molar-refractivity contribution in [1.29, 1.82) is 0 Å². The van der Waals surface area contributed by atoms with Gasteiger partial charge in [0.2, 0.25) is 0 Å². The Morgan fingerprint density at radius 1 is 1.10 bits per heavy atom. The van der Waals surface area contributed by atoms with E-state index in [0.29, 0.717) is 37.2 Å². The number of hydrogen-bond acceptors (Lipinski definition) is 4. The van der Waals surface area contributed by atoms with Gasteiger partial charge in [-0.15, -0.1) is 0 Å². The van der Waals surface area contributed by atoms with Crippen LogP contribution in [-0.4, -0.2) is 34.5 Å². The van der Waals surface area contributed by atoms with Crippen molar-refractivity contribution in [3.63, 3.8) is 0 Å². The lowest BCUT2D eigenvalue weighted by molar-refractivity contribution is 0.0273. The number of nitrogens with zero attached hydrogens (tertiary/aromatic N) is 2.